The topological polar surface area (TPSA) is 231 Å². The van der Waals surface area contributed by atoms with Gasteiger partial charge in [-0.25, -0.2) is 9.13 Å². The Hall–Kier alpha value is -5.09. The van der Waals surface area contributed by atoms with Crippen LogP contribution in [-0.4, -0.2) is 95.9 Å². The van der Waals surface area contributed by atoms with E-state index < -0.39 is 91.5 Å². The van der Waals surface area contributed by atoms with E-state index >= 15 is 0 Å². The van der Waals surface area contributed by atoms with Crippen molar-refractivity contribution < 1.29 is 75.8 Å². The third kappa shape index (κ3) is 87.6. The Balaban J connectivity index is 4.57. The van der Waals surface area contributed by atoms with Crippen LogP contribution in [0.25, 0.3) is 0 Å². The molecule has 0 aromatic rings. The smallest absolute Gasteiger partial charge is 0.463 e. The van der Waals surface area contributed by atoms with Gasteiger partial charge in [-0.3, -0.25) is 32.5 Å². The minimum Gasteiger partial charge on any atom is -0.463 e. The quantitative estimate of drug-likeness (QED) is 0.0146. The van der Waals surface area contributed by atoms with Gasteiger partial charge in [0.1, 0.15) is 25.4 Å². The first-order valence-electron chi connectivity index (χ1n) is 44.4. The molecule has 0 amide bonds. The highest BCUT2D eigenvalue weighted by atomic mass is 31.2. The molecular formula is C95H160O16P2. The molecule has 0 aromatic heterocycles. The summed E-state index contributed by atoms with van der Waals surface area (Å²) in [6.07, 6.45) is 111. The predicted octanol–water partition coefficient (Wildman–Crippen LogP) is 27.1. The molecule has 0 saturated heterocycles. The van der Waals surface area contributed by atoms with Crippen molar-refractivity contribution >= 4 is 33.6 Å². The van der Waals surface area contributed by atoms with Crippen LogP contribution in [0.3, 0.4) is 0 Å². The first-order chi connectivity index (χ1) is 55.2. The lowest BCUT2D eigenvalue weighted by Crippen LogP contribution is -2.30. The summed E-state index contributed by atoms with van der Waals surface area (Å²) < 4.78 is 61.4. The molecule has 0 aliphatic carbocycles. The second kappa shape index (κ2) is 86.3. The number of carbonyl (C=O) groups is 3. The Morgan fingerprint density at radius 1 is 0.257 bits per heavy atom. The van der Waals surface area contributed by atoms with E-state index in [0.29, 0.717) is 19.3 Å². The van der Waals surface area contributed by atoms with Crippen LogP contribution in [0.5, 0.6) is 0 Å². The molecule has 0 saturated carbocycles. The normalized spacial score (nSPS) is 14.6. The molecule has 16 nitrogen and oxygen atoms in total. The van der Waals surface area contributed by atoms with Gasteiger partial charge in [0.25, 0.3) is 0 Å². The third-order valence-electron chi connectivity index (χ3n) is 18.4. The highest BCUT2D eigenvalue weighted by Gasteiger charge is 2.29. The number of aliphatic hydroxyl groups is 2. The average molecular weight is 1620 g/mol. The van der Waals surface area contributed by atoms with Crippen molar-refractivity contribution in [3.8, 4) is 0 Å². The van der Waals surface area contributed by atoms with Crippen molar-refractivity contribution in [3.63, 3.8) is 0 Å². The van der Waals surface area contributed by atoms with E-state index in [0.717, 1.165) is 180 Å². The number of phosphoric acid groups is 2. The summed E-state index contributed by atoms with van der Waals surface area (Å²) in [5.41, 5.74) is 0. The number of hydrogen-bond donors (Lipinski definition) is 4. The summed E-state index contributed by atoms with van der Waals surface area (Å²) >= 11 is 0. The zero-order chi connectivity index (χ0) is 82.2. The molecule has 5 atom stereocenters. The van der Waals surface area contributed by atoms with Crippen LogP contribution in [0.4, 0.5) is 0 Å². The monoisotopic (exact) mass is 1620 g/mol. The molecule has 0 rings (SSSR count). The number of unbranched alkanes of at least 4 members (excludes halogenated alkanes) is 32. The fourth-order valence-electron chi connectivity index (χ4n) is 11.7. The van der Waals surface area contributed by atoms with Crippen LogP contribution in [0, 0.1) is 0 Å². The van der Waals surface area contributed by atoms with Gasteiger partial charge in [0, 0.05) is 19.3 Å². The number of hydrogen-bond acceptors (Lipinski definition) is 14. The van der Waals surface area contributed by atoms with Crippen molar-refractivity contribution in [1.82, 2.24) is 0 Å². The number of ether oxygens (including phenoxy) is 3. The Kier molecular flexibility index (Phi) is 82.4. The second-order valence-corrected chi connectivity index (χ2v) is 32.2. The molecule has 0 aromatic carbocycles. The van der Waals surface area contributed by atoms with Crippen LogP contribution in [0.1, 0.15) is 355 Å². The fraction of sp³-hybridized carbons (Fsp3) is 0.674. The molecule has 5 unspecified atom stereocenters. The first-order valence-corrected chi connectivity index (χ1v) is 47.4. The fourth-order valence-corrected chi connectivity index (χ4v) is 13.3. The summed E-state index contributed by atoms with van der Waals surface area (Å²) in [6.45, 7) is 2.42. The van der Waals surface area contributed by atoms with E-state index in [2.05, 4.69) is 191 Å². The minimum absolute atomic E-state index is 0.0748. The van der Waals surface area contributed by atoms with Crippen molar-refractivity contribution in [2.24, 2.45) is 0 Å². The Morgan fingerprint density at radius 2 is 0.469 bits per heavy atom. The molecular weight excluding hydrogens is 1460 g/mol. The maximum atomic E-state index is 13.0. The lowest BCUT2D eigenvalue weighted by atomic mass is 10.0. The lowest BCUT2D eigenvalue weighted by Gasteiger charge is -2.21. The van der Waals surface area contributed by atoms with E-state index in [9.17, 15) is 43.5 Å². The van der Waals surface area contributed by atoms with Crippen molar-refractivity contribution in [2.45, 2.75) is 373 Å². The number of aliphatic hydroxyl groups excluding tert-OH is 2. The van der Waals surface area contributed by atoms with Crippen LogP contribution < -0.4 is 0 Å². The summed E-state index contributed by atoms with van der Waals surface area (Å²) in [4.78, 5) is 58.9. The standard InChI is InChI=1S/C95H160O16P2/c1-4-7-10-13-16-19-22-25-28-31-34-37-39-40-41-42-43-44-45-46-47-48-50-53-54-57-60-63-66-69-72-75-78-81-93(98)105-84-90(96)85-107-112(101,102)108-86-91(97)87-109-113(103,104)110-89-92(111-95(100)83-80-77-74-71-68-65-62-59-56-51-36-33-30-27-24-21-18-15-12-9-6-3)88-106-94(99)82-79-76-73-70-67-64-61-58-55-52-49-38-35-32-29-26-23-20-17-14-11-8-5-2/h7,9-10,12,16-21,25-30,34-38,40-41,51-52,55,59,62,90-92,96-97H,4-6,8,11,13-15,22-24,31-33,39,42-50,53-54,56-58,60-61,63-89H2,1-3H3,(H,101,102)(H,103,104)/b10-7-,12-9-,19-16-,20-17-,21-18-,28-25-,29-26-,30-27-,37-34-,38-35-,41-40-,51-36-,55-52-,62-59-. The van der Waals surface area contributed by atoms with E-state index in [1.54, 1.807) is 0 Å². The molecule has 0 aliphatic rings. The molecule has 0 aliphatic heterocycles. The SMILES string of the molecule is CC/C=C\C/C=C\C/C=C\C/C=C\C/C=C\CCCCCCCCCCCCCCCCCCCC(=O)OCC(O)COP(=O)(O)OCC(O)COP(=O)(O)OCC(COC(=O)CCCCCCCCC/C=C\C/C=C\C/C=C\C/C=C\CCCCC)OC(=O)CCCCCCC/C=C\C/C=C\C/C=C\C/C=C\C/C=C\CC. The van der Waals surface area contributed by atoms with E-state index in [4.69, 9.17) is 32.3 Å². The number of allylic oxidation sites excluding steroid dienone is 28. The maximum absolute atomic E-state index is 13.0. The summed E-state index contributed by atoms with van der Waals surface area (Å²) in [5, 5.41) is 20.7. The number of rotatable bonds is 83. The van der Waals surface area contributed by atoms with Gasteiger partial charge >= 0.3 is 33.6 Å². The van der Waals surface area contributed by atoms with E-state index in [1.807, 2.05) is 0 Å². The Labute approximate surface area is 688 Å². The van der Waals surface area contributed by atoms with Gasteiger partial charge in [-0.15, -0.1) is 0 Å². The first kappa shape index (κ1) is 108. The molecule has 113 heavy (non-hydrogen) atoms. The molecule has 0 radical (unpaired) electrons. The summed E-state index contributed by atoms with van der Waals surface area (Å²) in [6, 6.07) is 0. The lowest BCUT2D eigenvalue weighted by molar-refractivity contribution is -0.161. The van der Waals surface area contributed by atoms with Gasteiger partial charge in [-0.2, -0.15) is 0 Å². The van der Waals surface area contributed by atoms with Gasteiger partial charge in [-0.1, -0.05) is 351 Å². The highest BCUT2D eigenvalue weighted by Crippen LogP contribution is 2.45. The maximum Gasteiger partial charge on any atom is 0.472 e. The average Bonchev–Trinajstić information content (AvgIpc) is 0.900. The number of esters is 3. The molecule has 18 heteroatoms. The number of phosphoric ester groups is 2. The minimum atomic E-state index is -4.95. The predicted molar refractivity (Wildman–Crippen MR) is 472 cm³/mol. The van der Waals surface area contributed by atoms with Gasteiger partial charge in [0.15, 0.2) is 6.10 Å². The molecule has 0 heterocycles. The van der Waals surface area contributed by atoms with Crippen molar-refractivity contribution in [1.29, 1.82) is 0 Å². The van der Waals surface area contributed by atoms with Gasteiger partial charge < -0.3 is 34.2 Å². The third-order valence-corrected chi connectivity index (χ3v) is 20.3. The molecule has 0 spiro atoms. The van der Waals surface area contributed by atoms with E-state index in [1.165, 1.54) is 116 Å². The largest absolute Gasteiger partial charge is 0.472 e. The van der Waals surface area contributed by atoms with Crippen LogP contribution in [0.15, 0.2) is 170 Å². The van der Waals surface area contributed by atoms with Crippen LogP contribution >= 0.6 is 15.6 Å². The Bertz CT molecular complexity index is 2730. The zero-order valence-corrected chi connectivity index (χ0v) is 72.8. The van der Waals surface area contributed by atoms with Crippen molar-refractivity contribution in [3.05, 3.63) is 170 Å². The molecule has 0 fully saturated rings. The van der Waals surface area contributed by atoms with Gasteiger partial charge in [0.2, 0.25) is 0 Å². The zero-order valence-electron chi connectivity index (χ0n) is 71.0. The van der Waals surface area contributed by atoms with Gasteiger partial charge in [-0.05, 0) is 154 Å². The highest BCUT2D eigenvalue weighted by molar-refractivity contribution is 7.47. The molecule has 646 valence electrons. The molecule has 0 bridgehead atoms. The van der Waals surface area contributed by atoms with Crippen molar-refractivity contribution in [2.75, 3.05) is 39.6 Å². The van der Waals surface area contributed by atoms with Crippen LogP contribution in [-0.2, 0) is 55.8 Å². The van der Waals surface area contributed by atoms with Crippen LogP contribution in [0.2, 0.25) is 0 Å². The molecule has 4 N–H and O–H groups in total. The summed E-state index contributed by atoms with van der Waals surface area (Å²) in [7, 11) is -9.82. The van der Waals surface area contributed by atoms with Gasteiger partial charge in [0.05, 0.1) is 26.4 Å². The number of carbonyl (C=O) groups excluding carboxylic acids is 3. The van der Waals surface area contributed by atoms with E-state index in [-0.39, 0.29) is 19.3 Å². The summed E-state index contributed by atoms with van der Waals surface area (Å²) in [5.74, 6) is -1.61. The second-order valence-electron chi connectivity index (χ2n) is 29.3. The Morgan fingerprint density at radius 3 is 0.743 bits per heavy atom.